The average molecular weight is 1520 g/mol. The van der Waals surface area contributed by atoms with Crippen LogP contribution in [0.3, 0.4) is 0 Å². The fraction of sp³-hybridized carbons (Fsp3) is 0.440. The molecule has 0 radical (unpaired) electrons. The van der Waals surface area contributed by atoms with E-state index in [1.165, 1.54) is 97.3 Å². The predicted octanol–water partition coefficient (Wildman–Crippen LogP) is 21.5. The van der Waals surface area contributed by atoms with Gasteiger partial charge in [-0.15, -0.1) is 88.3 Å². The number of fused-ring (bicyclic) bond motifs is 4. The first-order valence-electron chi connectivity index (χ1n) is 29.5. The molecule has 8 nitrogen and oxygen atoms in total. The third-order valence-corrected chi connectivity index (χ3v) is 26.3. The van der Waals surface area contributed by atoms with Gasteiger partial charge in [0, 0.05) is 79.5 Å². The van der Waals surface area contributed by atoms with E-state index in [-0.39, 0.29) is 52.1 Å². The highest BCUT2D eigenvalue weighted by Gasteiger charge is 2.44. The van der Waals surface area contributed by atoms with Gasteiger partial charge in [0.05, 0.1) is 21.8 Å². The molecule has 0 aliphatic carbocycles. The summed E-state index contributed by atoms with van der Waals surface area (Å²) in [6, 6.07) is 22.8. The minimum atomic E-state index is -3.30. The Morgan fingerprint density at radius 1 is 0.554 bits per heavy atom. The minimum absolute atomic E-state index is 0. The van der Waals surface area contributed by atoms with Crippen molar-refractivity contribution in [3.05, 3.63) is 196 Å². The Hall–Kier alpha value is -3.39. The largest absolute Gasteiger partial charge is 0.478 e. The molecule has 0 spiro atoms. The number of aromatic carboxylic acids is 2. The lowest BCUT2D eigenvalue weighted by atomic mass is 9.81. The Morgan fingerprint density at radius 2 is 0.935 bits per heavy atom. The van der Waals surface area contributed by atoms with Gasteiger partial charge in [-0.25, -0.2) is 18.0 Å². The number of thioether (sulfide) groups is 4. The predicted molar refractivity (Wildman–Crippen MR) is 416 cm³/mol. The summed E-state index contributed by atoms with van der Waals surface area (Å²) in [4.78, 5) is 29.5. The second-order valence-corrected chi connectivity index (χ2v) is 34.2. The van der Waals surface area contributed by atoms with E-state index in [9.17, 15) is 28.2 Å². The van der Waals surface area contributed by atoms with Crippen molar-refractivity contribution in [2.45, 2.75) is 211 Å². The number of thiol groups is 1. The molecule has 0 fully saturated rings. The number of benzene rings is 6. The monoisotopic (exact) mass is 1520 g/mol. The molecule has 4 heterocycles. The quantitative estimate of drug-likeness (QED) is 0.0631. The summed E-state index contributed by atoms with van der Waals surface area (Å²) >= 11 is 20.9. The number of halogens is 3. The zero-order valence-electron chi connectivity index (χ0n) is 57.7. The number of aryl methyl sites for hydroxylation is 9. The van der Waals surface area contributed by atoms with Gasteiger partial charge in [-0.3, -0.25) is 0 Å². The Bertz CT molecular complexity index is 3760. The van der Waals surface area contributed by atoms with Gasteiger partial charge in [0.15, 0.2) is 9.84 Å². The van der Waals surface area contributed by atoms with Gasteiger partial charge in [-0.2, -0.15) is 0 Å². The van der Waals surface area contributed by atoms with Crippen LogP contribution in [0.2, 0.25) is 0 Å². The molecular formula is C75H105Br2ClO8S6. The molecule has 6 aromatic carbocycles. The first-order valence-corrected chi connectivity index (χ1v) is 36.9. The number of carbonyl (C=O) groups is 2. The first-order chi connectivity index (χ1) is 40.4. The highest BCUT2D eigenvalue weighted by atomic mass is 79.9. The molecule has 0 saturated carbocycles. The molecule has 92 heavy (non-hydrogen) atoms. The third-order valence-electron chi connectivity index (χ3n) is 15.8. The van der Waals surface area contributed by atoms with Crippen LogP contribution in [0.5, 0.6) is 0 Å². The maximum absolute atomic E-state index is 12.2. The van der Waals surface area contributed by atoms with Crippen LogP contribution in [-0.4, -0.2) is 76.2 Å². The third kappa shape index (κ3) is 22.3. The zero-order valence-corrected chi connectivity index (χ0v) is 66.7. The standard InChI is InChI=1S/C13H16O4S.C13H16O2S.C12H15BrS.2C12H16S.C8H10S.C4H7Cl.CH4.BrH.2H2O/c1-7-5-9(12(14)15)8(2)10-11(7)18(16,17)6-13(10,3)4;1-7-5-9(12(14)15)8(2)10-11(7)16-6-13(10,3)4;1-7-5-9(13)8(2)10-11(7)14-6-12(10,3)4;1-8-5-6-9(2)11-10(8)12(3,4)7-13-11;1-9(2)8-13-12-7-10(3)5-6-11(12)4;1-6-3-4-7(2)8(9)5-6;1-4(2)3-5;;;;/h5H,6H2,1-4H3,(H,14,15);5H,6H2,1-4H3,(H,14,15);5H,6H2,1-4H3;5-6H,7H2,1-4H3;5-7H,1,8H2,2-4H3;3-5,9H,1-2H3;1,3H2,2H3;1H4;1H;2*1H2. The number of hydrogen-bond donors (Lipinski definition) is 3. The van der Waals surface area contributed by atoms with Crippen molar-refractivity contribution in [2.75, 3.05) is 34.6 Å². The average Bonchev–Trinajstić information content (AvgIpc) is 1.57. The summed E-state index contributed by atoms with van der Waals surface area (Å²) in [7, 11) is -3.30. The number of sulfone groups is 1. The number of carboxylic acid groups (broad SMARTS) is 2. The van der Waals surface area contributed by atoms with Gasteiger partial charge in [0.2, 0.25) is 0 Å². The van der Waals surface area contributed by atoms with Gasteiger partial charge in [0.25, 0.3) is 0 Å². The van der Waals surface area contributed by atoms with E-state index in [1.54, 1.807) is 31.0 Å². The van der Waals surface area contributed by atoms with Crippen LogP contribution in [-0.2, 0) is 31.5 Å². The van der Waals surface area contributed by atoms with Crippen molar-refractivity contribution in [1.82, 2.24) is 0 Å². The maximum Gasteiger partial charge on any atom is 0.335 e. The fourth-order valence-electron chi connectivity index (χ4n) is 11.5. The topological polar surface area (TPSA) is 172 Å². The summed E-state index contributed by atoms with van der Waals surface area (Å²) in [5.74, 6) is 3.28. The van der Waals surface area contributed by atoms with E-state index in [1.807, 2.05) is 81.7 Å². The second kappa shape index (κ2) is 36.3. The van der Waals surface area contributed by atoms with E-state index in [2.05, 4.69) is 200 Å². The number of hydrogen-bond acceptors (Lipinski definition) is 9. The summed E-state index contributed by atoms with van der Waals surface area (Å²) in [5.41, 5.74) is 22.2. The molecule has 0 unspecified atom stereocenters. The molecule has 0 amide bonds. The number of alkyl halides is 1. The van der Waals surface area contributed by atoms with Crippen molar-refractivity contribution >= 4 is 126 Å². The maximum atomic E-state index is 12.2. The van der Waals surface area contributed by atoms with Gasteiger partial charge in [-0.05, 0) is 205 Å². The lowest BCUT2D eigenvalue weighted by Crippen LogP contribution is -2.20. The first kappa shape index (κ1) is 88.6. The molecule has 0 saturated heterocycles. The molecule has 0 atom stereocenters. The Labute approximate surface area is 600 Å². The normalized spacial score (nSPS) is 15.1. The number of carboxylic acids is 2. The van der Waals surface area contributed by atoms with Crippen LogP contribution in [0.1, 0.15) is 186 Å². The molecule has 4 aliphatic rings. The molecule has 510 valence electrons. The Balaban J connectivity index is 0.00000106. The van der Waals surface area contributed by atoms with Gasteiger partial charge >= 0.3 is 11.9 Å². The zero-order chi connectivity index (χ0) is 67.1. The van der Waals surface area contributed by atoms with Crippen LogP contribution in [0, 0.1) is 83.1 Å². The summed E-state index contributed by atoms with van der Waals surface area (Å²) in [6.45, 7) is 53.4. The molecule has 0 aromatic heterocycles. The SMILES string of the molecule is Br.C.C=C(C)CCl.C=C(C)CSc1cc(C)ccc1C.Cc1cc(Br)c(C)c2c1SCC2(C)C.Cc1cc(C(=O)O)c(C)c2c1S(=O)(=O)CC2(C)C.Cc1cc(C(=O)O)c(C)c2c1SCC2(C)C.Cc1ccc(C)c(S)c1.Cc1ccc(C)c2c1SCC2(C)C.O.O. The highest BCUT2D eigenvalue weighted by molar-refractivity contribution is 9.10. The smallest absolute Gasteiger partial charge is 0.335 e. The van der Waals surface area contributed by atoms with Gasteiger partial charge in [0.1, 0.15) is 0 Å². The van der Waals surface area contributed by atoms with Crippen LogP contribution in [0.4, 0.5) is 0 Å². The van der Waals surface area contributed by atoms with Gasteiger partial charge < -0.3 is 21.2 Å². The van der Waals surface area contributed by atoms with Crippen LogP contribution < -0.4 is 0 Å². The molecule has 4 aliphatic heterocycles. The molecule has 17 heteroatoms. The van der Waals surface area contributed by atoms with Crippen molar-refractivity contribution < 1.29 is 39.2 Å². The van der Waals surface area contributed by atoms with Crippen molar-refractivity contribution in [3.63, 3.8) is 0 Å². The van der Waals surface area contributed by atoms with Crippen LogP contribution in [0.25, 0.3) is 0 Å². The lowest BCUT2D eigenvalue weighted by Gasteiger charge is -2.21. The molecule has 6 N–H and O–H groups in total. The molecular weight excluding hydrogens is 1420 g/mol. The summed E-state index contributed by atoms with van der Waals surface area (Å²) < 4.78 is 25.6. The van der Waals surface area contributed by atoms with E-state index in [0.29, 0.717) is 43.9 Å². The minimum Gasteiger partial charge on any atom is -0.478 e. The fourth-order valence-corrected chi connectivity index (χ4v) is 20.3. The Kier molecular flexibility index (Phi) is 34.9. The summed E-state index contributed by atoms with van der Waals surface area (Å²) in [5, 5.41) is 18.4. The van der Waals surface area contributed by atoms with E-state index < -0.39 is 27.2 Å². The van der Waals surface area contributed by atoms with Gasteiger partial charge in [-0.1, -0.05) is 151 Å². The second-order valence-electron chi connectivity index (χ2n) is 26.7. The van der Waals surface area contributed by atoms with E-state index in [4.69, 9.17) is 11.6 Å². The van der Waals surface area contributed by atoms with Crippen LogP contribution >= 0.6 is 104 Å². The molecule has 10 rings (SSSR count). The number of rotatable bonds is 6. The van der Waals surface area contributed by atoms with E-state index in [0.717, 1.165) is 33.1 Å². The lowest BCUT2D eigenvalue weighted by molar-refractivity contribution is 0.0684. The molecule has 6 aromatic rings. The summed E-state index contributed by atoms with van der Waals surface area (Å²) in [6.07, 6.45) is 0. The van der Waals surface area contributed by atoms with Crippen molar-refractivity contribution in [2.24, 2.45) is 0 Å². The van der Waals surface area contributed by atoms with Crippen LogP contribution in [0.15, 0.2) is 125 Å². The molecule has 0 bridgehead atoms. The van der Waals surface area contributed by atoms with Crippen molar-refractivity contribution in [1.29, 1.82) is 0 Å². The number of allylic oxidation sites excluding steroid dienone is 1. The van der Waals surface area contributed by atoms with E-state index >= 15 is 0 Å². The highest BCUT2D eigenvalue weighted by Crippen LogP contribution is 2.50. The Morgan fingerprint density at radius 3 is 1.36 bits per heavy atom. The van der Waals surface area contributed by atoms with Crippen molar-refractivity contribution in [3.8, 4) is 0 Å².